The summed E-state index contributed by atoms with van der Waals surface area (Å²) in [5, 5.41) is 3.39. The number of nitrogens with one attached hydrogen (secondary N) is 1. The summed E-state index contributed by atoms with van der Waals surface area (Å²) in [6, 6.07) is 0. The highest BCUT2D eigenvalue weighted by Crippen LogP contribution is 2.10. The van der Waals surface area contributed by atoms with E-state index in [9.17, 15) is 4.79 Å². The Balaban J connectivity index is 2.54. The summed E-state index contributed by atoms with van der Waals surface area (Å²) in [5.74, 6) is 0.273. The van der Waals surface area contributed by atoms with E-state index < -0.39 is 0 Å². The number of hydrogen-bond acceptors (Lipinski definition) is 3. The van der Waals surface area contributed by atoms with Crippen molar-refractivity contribution in [3.05, 3.63) is 0 Å². The fourth-order valence-electron chi connectivity index (χ4n) is 1.81. The van der Waals surface area contributed by atoms with Gasteiger partial charge >= 0.3 is 0 Å². The molecule has 1 N–H and O–H groups in total. The molecule has 0 aromatic heterocycles. The third kappa shape index (κ3) is 4.18. The number of nitrogens with zero attached hydrogens (tertiary/aromatic N) is 2. The van der Waals surface area contributed by atoms with Crippen molar-refractivity contribution < 1.29 is 4.79 Å². The van der Waals surface area contributed by atoms with Gasteiger partial charge in [0.05, 0.1) is 0 Å². The topological polar surface area (TPSA) is 35.6 Å². The summed E-state index contributed by atoms with van der Waals surface area (Å²) < 4.78 is 0. The average Bonchev–Trinajstić information content (AvgIpc) is 2.22. The summed E-state index contributed by atoms with van der Waals surface area (Å²) in [6.07, 6.45) is 0.622. The molecule has 0 bridgehead atoms. The minimum absolute atomic E-state index is 0.0402. The zero-order valence-electron chi connectivity index (χ0n) is 10.3. The minimum Gasteiger partial charge on any atom is -0.340 e. The van der Waals surface area contributed by atoms with Crippen LogP contribution in [0.25, 0.3) is 0 Å². The number of hydrogen-bond donors (Lipinski definition) is 1. The molecule has 0 unspecified atom stereocenters. The van der Waals surface area contributed by atoms with Crippen molar-refractivity contribution in [2.24, 2.45) is 0 Å². The first kappa shape index (κ1) is 12.5. The number of carbonyl (C=O) groups is 1. The molecule has 0 saturated carbocycles. The fourth-order valence-corrected chi connectivity index (χ4v) is 1.81. The highest BCUT2D eigenvalue weighted by atomic mass is 16.2. The molecule has 0 spiro atoms. The van der Waals surface area contributed by atoms with Crippen molar-refractivity contribution in [2.45, 2.75) is 25.8 Å². The van der Waals surface area contributed by atoms with Crippen molar-refractivity contribution >= 4 is 5.91 Å². The van der Waals surface area contributed by atoms with Gasteiger partial charge < -0.3 is 15.1 Å². The van der Waals surface area contributed by atoms with Crippen LogP contribution in [0.4, 0.5) is 0 Å². The maximum Gasteiger partial charge on any atom is 0.223 e. The Morgan fingerprint density at radius 1 is 1.47 bits per heavy atom. The van der Waals surface area contributed by atoms with Crippen molar-refractivity contribution in [1.82, 2.24) is 15.1 Å². The molecule has 4 nitrogen and oxygen atoms in total. The van der Waals surface area contributed by atoms with E-state index >= 15 is 0 Å². The summed E-state index contributed by atoms with van der Waals surface area (Å²) >= 11 is 0. The van der Waals surface area contributed by atoms with Gasteiger partial charge in [0, 0.05) is 38.1 Å². The van der Waals surface area contributed by atoms with Gasteiger partial charge in [0.15, 0.2) is 0 Å². The highest BCUT2D eigenvalue weighted by Gasteiger charge is 2.27. The molecule has 0 atom stereocenters. The number of rotatable bonds is 3. The molecule has 88 valence electrons. The molecule has 1 fully saturated rings. The van der Waals surface area contributed by atoms with E-state index in [1.54, 1.807) is 0 Å². The normalized spacial score (nSPS) is 21.9. The van der Waals surface area contributed by atoms with E-state index in [1.807, 2.05) is 19.0 Å². The van der Waals surface area contributed by atoms with E-state index in [0.29, 0.717) is 6.42 Å². The molecule has 1 heterocycles. The Bertz CT molecular complexity index is 226. The van der Waals surface area contributed by atoms with Crippen molar-refractivity contribution in [3.8, 4) is 0 Å². The lowest BCUT2D eigenvalue weighted by Crippen LogP contribution is -2.48. The lowest BCUT2D eigenvalue weighted by atomic mass is 10.1. The Kier molecular flexibility index (Phi) is 4.11. The van der Waals surface area contributed by atoms with Crippen LogP contribution in [-0.4, -0.2) is 61.5 Å². The Morgan fingerprint density at radius 3 is 2.73 bits per heavy atom. The fraction of sp³-hybridized carbons (Fsp3) is 0.909. The first-order chi connectivity index (χ1) is 6.91. The molecule has 1 amide bonds. The average molecular weight is 213 g/mol. The van der Waals surface area contributed by atoms with Crippen LogP contribution < -0.4 is 5.32 Å². The number of amides is 1. The maximum absolute atomic E-state index is 11.8. The molecule has 4 heteroatoms. The van der Waals surface area contributed by atoms with E-state index in [1.165, 1.54) is 0 Å². The summed E-state index contributed by atoms with van der Waals surface area (Å²) in [6.45, 7) is 7.66. The maximum atomic E-state index is 11.8. The van der Waals surface area contributed by atoms with Crippen molar-refractivity contribution in [2.75, 3.05) is 40.3 Å². The summed E-state index contributed by atoms with van der Waals surface area (Å²) in [4.78, 5) is 15.9. The second-order valence-corrected chi connectivity index (χ2v) is 5.18. The predicted octanol–water partition coefficient (Wildman–Crippen LogP) is 0.149. The van der Waals surface area contributed by atoms with Crippen LogP contribution in [0.15, 0.2) is 0 Å². The molecular weight excluding hydrogens is 190 g/mol. The summed E-state index contributed by atoms with van der Waals surface area (Å²) in [5.41, 5.74) is 0.0402. The molecule has 0 aliphatic carbocycles. The van der Waals surface area contributed by atoms with Crippen LogP contribution in [-0.2, 0) is 4.79 Å². The second kappa shape index (κ2) is 4.94. The minimum atomic E-state index is 0.0402. The van der Waals surface area contributed by atoms with E-state index in [0.717, 1.165) is 26.2 Å². The Morgan fingerprint density at radius 2 is 2.13 bits per heavy atom. The standard InChI is InChI=1S/C11H23N3O/c1-11(2)9-14(8-7-13(3)4)10(15)5-6-12-11/h12H,5-9H2,1-4H3. The number of likely N-dealkylation sites (N-methyl/N-ethyl adjacent to an activating group) is 1. The zero-order valence-corrected chi connectivity index (χ0v) is 10.3. The van der Waals surface area contributed by atoms with Gasteiger partial charge in [0.1, 0.15) is 0 Å². The largest absolute Gasteiger partial charge is 0.340 e. The first-order valence-corrected chi connectivity index (χ1v) is 5.58. The van der Waals surface area contributed by atoms with Gasteiger partial charge in [-0.3, -0.25) is 4.79 Å². The van der Waals surface area contributed by atoms with Crippen LogP contribution in [0, 0.1) is 0 Å². The van der Waals surface area contributed by atoms with Crippen LogP contribution >= 0.6 is 0 Å². The molecular formula is C11H23N3O. The van der Waals surface area contributed by atoms with E-state index in [4.69, 9.17) is 0 Å². The van der Waals surface area contributed by atoms with Gasteiger partial charge in [0.25, 0.3) is 0 Å². The van der Waals surface area contributed by atoms with Crippen LogP contribution in [0.3, 0.4) is 0 Å². The van der Waals surface area contributed by atoms with Gasteiger partial charge in [-0.25, -0.2) is 0 Å². The Hall–Kier alpha value is -0.610. The van der Waals surface area contributed by atoms with E-state index in [2.05, 4.69) is 24.1 Å². The Labute approximate surface area is 92.6 Å². The van der Waals surface area contributed by atoms with Gasteiger partial charge in [-0.05, 0) is 27.9 Å². The molecule has 15 heavy (non-hydrogen) atoms. The molecule has 0 radical (unpaired) electrons. The quantitative estimate of drug-likeness (QED) is 0.725. The van der Waals surface area contributed by atoms with E-state index in [-0.39, 0.29) is 11.4 Å². The van der Waals surface area contributed by atoms with Crippen LogP contribution in [0.2, 0.25) is 0 Å². The molecule has 1 aliphatic heterocycles. The smallest absolute Gasteiger partial charge is 0.223 e. The predicted molar refractivity (Wildman–Crippen MR) is 61.8 cm³/mol. The first-order valence-electron chi connectivity index (χ1n) is 5.58. The lowest BCUT2D eigenvalue weighted by molar-refractivity contribution is -0.131. The van der Waals surface area contributed by atoms with Crippen LogP contribution in [0.1, 0.15) is 20.3 Å². The van der Waals surface area contributed by atoms with Gasteiger partial charge in [-0.1, -0.05) is 0 Å². The third-order valence-corrected chi connectivity index (χ3v) is 2.70. The SMILES string of the molecule is CN(C)CCN1CC(C)(C)NCCC1=O. The van der Waals surface area contributed by atoms with Gasteiger partial charge in [-0.15, -0.1) is 0 Å². The monoisotopic (exact) mass is 213 g/mol. The summed E-state index contributed by atoms with van der Waals surface area (Å²) in [7, 11) is 4.07. The van der Waals surface area contributed by atoms with Gasteiger partial charge in [-0.2, -0.15) is 0 Å². The third-order valence-electron chi connectivity index (χ3n) is 2.70. The second-order valence-electron chi connectivity index (χ2n) is 5.18. The molecule has 0 aromatic rings. The number of carbonyl (C=O) groups excluding carboxylic acids is 1. The molecule has 1 saturated heterocycles. The molecule has 0 aromatic carbocycles. The highest BCUT2D eigenvalue weighted by molar-refractivity contribution is 5.76. The van der Waals surface area contributed by atoms with Crippen molar-refractivity contribution in [3.63, 3.8) is 0 Å². The van der Waals surface area contributed by atoms with Crippen molar-refractivity contribution in [1.29, 1.82) is 0 Å². The zero-order chi connectivity index (χ0) is 11.5. The molecule has 1 aliphatic rings. The lowest BCUT2D eigenvalue weighted by Gasteiger charge is -2.30. The molecule has 1 rings (SSSR count). The van der Waals surface area contributed by atoms with Crippen LogP contribution in [0.5, 0.6) is 0 Å². The van der Waals surface area contributed by atoms with Gasteiger partial charge in [0.2, 0.25) is 5.91 Å².